The van der Waals surface area contributed by atoms with Crippen LogP contribution in [0, 0.1) is 0 Å². The molecule has 0 radical (unpaired) electrons. The van der Waals surface area contributed by atoms with E-state index in [0.29, 0.717) is 6.54 Å². The van der Waals surface area contributed by atoms with E-state index in [1.807, 2.05) is 39.7 Å². The lowest BCUT2D eigenvalue weighted by Crippen LogP contribution is -2.54. The number of hydrogen-bond donors (Lipinski definition) is 2. The average molecular weight is 371 g/mol. The predicted molar refractivity (Wildman–Crippen MR) is 99.7 cm³/mol. The first-order valence-corrected chi connectivity index (χ1v) is 9.60. The zero-order chi connectivity index (χ0) is 17.9. The lowest BCUT2D eigenvalue weighted by Gasteiger charge is -2.35. The summed E-state index contributed by atoms with van der Waals surface area (Å²) < 4.78 is 1.83. The number of thiazole rings is 1. The van der Waals surface area contributed by atoms with Gasteiger partial charge in [-0.25, -0.2) is 9.97 Å². The summed E-state index contributed by atoms with van der Waals surface area (Å²) >= 11 is 1.58. The largest absolute Gasteiger partial charge is 0.390 e. The van der Waals surface area contributed by atoms with Gasteiger partial charge in [0.15, 0.2) is 0 Å². The number of imidazole rings is 1. The molecule has 0 spiro atoms. The number of aliphatic hydroxyl groups is 1. The molecule has 0 unspecified atom stereocenters. The maximum Gasteiger partial charge on any atom is 0.240 e. The van der Waals surface area contributed by atoms with Crippen molar-refractivity contribution in [3.8, 4) is 0 Å². The predicted octanol–water partition coefficient (Wildman–Crippen LogP) is 1.24. The van der Waals surface area contributed by atoms with Gasteiger partial charge in [0.2, 0.25) is 5.91 Å². The first-order chi connectivity index (χ1) is 12.7. The Bertz CT molecular complexity index is 879. The van der Waals surface area contributed by atoms with E-state index in [-0.39, 0.29) is 18.5 Å². The van der Waals surface area contributed by atoms with E-state index in [1.54, 1.807) is 17.7 Å². The fraction of sp³-hybridized carbons (Fsp3) is 0.389. The molecular weight excluding hydrogens is 350 g/mol. The number of aromatic nitrogens is 3. The molecule has 3 heterocycles. The summed E-state index contributed by atoms with van der Waals surface area (Å²) in [6.45, 7) is 2.30. The molecule has 1 amide bonds. The monoisotopic (exact) mass is 371 g/mol. The van der Waals surface area contributed by atoms with Gasteiger partial charge in [-0.1, -0.05) is 12.1 Å². The number of carbonyl (C=O) groups excluding carboxylic acids is 1. The van der Waals surface area contributed by atoms with Crippen molar-refractivity contribution in [1.82, 2.24) is 24.8 Å². The summed E-state index contributed by atoms with van der Waals surface area (Å²) in [6.07, 6.45) is 1.82. The first-order valence-electron chi connectivity index (χ1n) is 8.66. The van der Waals surface area contributed by atoms with Crippen LogP contribution in [0.4, 0.5) is 0 Å². The summed E-state index contributed by atoms with van der Waals surface area (Å²) in [5, 5.41) is 15.4. The van der Waals surface area contributed by atoms with E-state index in [1.165, 1.54) is 0 Å². The highest BCUT2D eigenvalue weighted by molar-refractivity contribution is 7.07. The number of nitrogens with one attached hydrogen (secondary N) is 1. The van der Waals surface area contributed by atoms with Gasteiger partial charge in [-0.2, -0.15) is 0 Å². The second-order valence-electron chi connectivity index (χ2n) is 6.61. The molecule has 7 nitrogen and oxygen atoms in total. The highest BCUT2D eigenvalue weighted by Crippen LogP contribution is 2.15. The van der Waals surface area contributed by atoms with E-state index < -0.39 is 6.10 Å². The Hall–Kier alpha value is -2.29. The summed E-state index contributed by atoms with van der Waals surface area (Å²) in [5.74, 6) is -0.106. The standard InChI is InChI=1S/C18H21N5O2S/c24-17-8-22(7-13-10-26-12-20-13)6-5-15(17)21-18(25)9-23-11-19-14-3-1-2-4-16(14)23/h1-4,10-12,15,17,24H,5-9H2,(H,21,25)/t15-,17-/m1/s1. The molecule has 1 aliphatic rings. The van der Waals surface area contributed by atoms with Crippen LogP contribution >= 0.6 is 11.3 Å². The number of nitrogens with zero attached hydrogens (tertiary/aromatic N) is 4. The van der Waals surface area contributed by atoms with Crippen LogP contribution in [-0.4, -0.2) is 55.7 Å². The summed E-state index contributed by atoms with van der Waals surface area (Å²) in [5.41, 5.74) is 4.65. The van der Waals surface area contributed by atoms with Crippen LogP contribution in [0.25, 0.3) is 11.0 Å². The van der Waals surface area contributed by atoms with Gasteiger partial charge in [-0.3, -0.25) is 9.69 Å². The molecule has 26 heavy (non-hydrogen) atoms. The van der Waals surface area contributed by atoms with Crippen molar-refractivity contribution < 1.29 is 9.90 Å². The number of aliphatic hydroxyl groups excluding tert-OH is 1. The van der Waals surface area contributed by atoms with Gasteiger partial charge in [0.1, 0.15) is 6.54 Å². The fourth-order valence-electron chi connectivity index (χ4n) is 3.40. The smallest absolute Gasteiger partial charge is 0.240 e. The number of likely N-dealkylation sites (tertiary alicyclic amines) is 1. The molecule has 1 aliphatic heterocycles. The zero-order valence-corrected chi connectivity index (χ0v) is 15.1. The average Bonchev–Trinajstić information content (AvgIpc) is 3.28. The van der Waals surface area contributed by atoms with Gasteiger partial charge in [-0.05, 0) is 18.6 Å². The number of rotatable bonds is 5. The molecule has 2 N–H and O–H groups in total. The second kappa shape index (κ2) is 7.53. The van der Waals surface area contributed by atoms with Crippen LogP contribution in [0.3, 0.4) is 0 Å². The van der Waals surface area contributed by atoms with Crippen LogP contribution < -0.4 is 5.32 Å². The number of para-hydroxylation sites is 2. The van der Waals surface area contributed by atoms with Crippen LogP contribution in [0.5, 0.6) is 0 Å². The lowest BCUT2D eigenvalue weighted by atomic mass is 10.0. The number of β-amino-alcohol motifs (C(OH)–C–C–N with tert-alkyl or cyclic N) is 1. The third-order valence-electron chi connectivity index (χ3n) is 4.72. The van der Waals surface area contributed by atoms with E-state index >= 15 is 0 Å². The minimum absolute atomic E-state index is 0.106. The SMILES string of the molecule is O=C(Cn1cnc2ccccc21)N[C@@H]1CCN(Cc2cscn2)C[C@H]1O. The Labute approximate surface area is 155 Å². The van der Waals surface area contributed by atoms with Crippen molar-refractivity contribution in [1.29, 1.82) is 0 Å². The molecule has 8 heteroatoms. The van der Waals surface area contributed by atoms with Crippen molar-refractivity contribution in [2.45, 2.75) is 31.7 Å². The van der Waals surface area contributed by atoms with Crippen LogP contribution in [0.2, 0.25) is 0 Å². The van der Waals surface area contributed by atoms with Crippen molar-refractivity contribution in [2.75, 3.05) is 13.1 Å². The Morgan fingerprint density at radius 1 is 1.35 bits per heavy atom. The Morgan fingerprint density at radius 2 is 2.23 bits per heavy atom. The quantitative estimate of drug-likeness (QED) is 0.705. The third-order valence-corrected chi connectivity index (χ3v) is 5.36. The van der Waals surface area contributed by atoms with Crippen molar-refractivity contribution in [3.63, 3.8) is 0 Å². The zero-order valence-electron chi connectivity index (χ0n) is 14.3. The van der Waals surface area contributed by atoms with E-state index in [4.69, 9.17) is 0 Å². The molecule has 0 saturated carbocycles. The molecule has 3 aromatic rings. The van der Waals surface area contributed by atoms with E-state index in [9.17, 15) is 9.90 Å². The normalized spacial score (nSPS) is 21.1. The van der Waals surface area contributed by atoms with Gasteiger partial charge in [0.05, 0.1) is 40.7 Å². The molecule has 0 aliphatic carbocycles. The second-order valence-corrected chi connectivity index (χ2v) is 7.32. The van der Waals surface area contributed by atoms with E-state index in [0.717, 1.165) is 36.2 Å². The number of fused-ring (bicyclic) bond motifs is 1. The number of amides is 1. The molecule has 0 bridgehead atoms. The molecule has 2 atom stereocenters. The molecule has 136 valence electrons. The topological polar surface area (TPSA) is 83.3 Å². The molecule has 4 rings (SSSR count). The highest BCUT2D eigenvalue weighted by atomic mass is 32.1. The van der Waals surface area contributed by atoms with Gasteiger partial charge >= 0.3 is 0 Å². The number of benzene rings is 1. The Kier molecular flexibility index (Phi) is 4.96. The van der Waals surface area contributed by atoms with Gasteiger partial charge in [0, 0.05) is 25.0 Å². The number of hydrogen-bond acceptors (Lipinski definition) is 6. The van der Waals surface area contributed by atoms with Crippen LogP contribution in [0.1, 0.15) is 12.1 Å². The third kappa shape index (κ3) is 3.77. The van der Waals surface area contributed by atoms with Crippen molar-refractivity contribution in [2.24, 2.45) is 0 Å². The fourth-order valence-corrected chi connectivity index (χ4v) is 3.95. The number of carbonyl (C=O) groups is 1. The molecule has 1 fully saturated rings. The first kappa shape index (κ1) is 17.1. The maximum absolute atomic E-state index is 12.4. The van der Waals surface area contributed by atoms with Crippen molar-refractivity contribution in [3.05, 3.63) is 47.2 Å². The minimum Gasteiger partial charge on any atom is -0.390 e. The van der Waals surface area contributed by atoms with Crippen LogP contribution in [0.15, 0.2) is 41.5 Å². The molecule has 2 aromatic heterocycles. The summed E-state index contributed by atoms with van der Waals surface area (Å²) in [4.78, 5) is 23.2. The maximum atomic E-state index is 12.4. The van der Waals surface area contributed by atoms with Crippen LogP contribution in [-0.2, 0) is 17.9 Å². The highest BCUT2D eigenvalue weighted by Gasteiger charge is 2.29. The molecular formula is C18H21N5O2S. The molecule has 1 aromatic carbocycles. The Balaban J connectivity index is 1.32. The Morgan fingerprint density at radius 3 is 3.04 bits per heavy atom. The van der Waals surface area contributed by atoms with Gasteiger partial charge in [0.25, 0.3) is 0 Å². The minimum atomic E-state index is -0.578. The lowest BCUT2D eigenvalue weighted by molar-refractivity contribution is -0.123. The summed E-state index contributed by atoms with van der Waals surface area (Å²) in [7, 11) is 0. The van der Waals surface area contributed by atoms with Crippen molar-refractivity contribution >= 4 is 28.3 Å². The van der Waals surface area contributed by atoms with Gasteiger partial charge < -0.3 is 15.0 Å². The van der Waals surface area contributed by atoms with Gasteiger partial charge in [-0.15, -0.1) is 11.3 Å². The molecule has 1 saturated heterocycles. The number of piperidine rings is 1. The van der Waals surface area contributed by atoms with E-state index in [2.05, 4.69) is 20.2 Å². The summed E-state index contributed by atoms with van der Waals surface area (Å²) in [6, 6.07) is 7.51.